The van der Waals surface area contributed by atoms with Gasteiger partial charge in [-0.05, 0) is 43.5 Å². The van der Waals surface area contributed by atoms with E-state index in [1.807, 2.05) is 6.92 Å². The molecule has 2 aliphatic rings. The highest BCUT2D eigenvalue weighted by atomic mass is 16.6. The monoisotopic (exact) mass is 289 g/mol. The Hall–Kier alpha value is -1.55. The Kier molecular flexibility index (Phi) is 3.89. The third-order valence-corrected chi connectivity index (χ3v) is 4.71. The lowest BCUT2D eigenvalue weighted by Crippen LogP contribution is -2.41. The molecule has 1 aliphatic carbocycles. The number of hydrogen-bond donors (Lipinski definition) is 1. The van der Waals surface area contributed by atoms with E-state index in [1.54, 1.807) is 18.2 Å². The summed E-state index contributed by atoms with van der Waals surface area (Å²) in [5, 5.41) is 0. The molecule has 1 spiro atoms. The van der Waals surface area contributed by atoms with Gasteiger partial charge in [0.05, 0.1) is 17.8 Å². The summed E-state index contributed by atoms with van der Waals surface area (Å²) in [4.78, 5) is 12.3. The fourth-order valence-electron chi connectivity index (χ4n) is 3.58. The first-order valence-corrected chi connectivity index (χ1v) is 7.79. The number of hydrogen-bond acceptors (Lipinski definition) is 4. The van der Waals surface area contributed by atoms with Gasteiger partial charge in [-0.2, -0.15) is 0 Å². The molecule has 0 radical (unpaired) electrons. The minimum atomic E-state index is -0.243. The number of esters is 1. The molecule has 0 bridgehead atoms. The second kappa shape index (κ2) is 5.68. The van der Waals surface area contributed by atoms with E-state index in [1.165, 1.54) is 12.8 Å². The van der Waals surface area contributed by atoms with E-state index in [9.17, 15) is 4.79 Å². The van der Waals surface area contributed by atoms with Crippen LogP contribution in [0.4, 0.5) is 5.69 Å². The second-order valence-corrected chi connectivity index (χ2v) is 6.33. The first kappa shape index (κ1) is 14.4. The van der Waals surface area contributed by atoms with E-state index in [2.05, 4.69) is 0 Å². The highest BCUT2D eigenvalue weighted by molar-refractivity contribution is 5.91. The number of benzene rings is 1. The summed E-state index contributed by atoms with van der Waals surface area (Å²) in [6.07, 6.45) is 6.24. The zero-order valence-corrected chi connectivity index (χ0v) is 12.6. The Balaban J connectivity index is 1.67. The number of rotatable bonds is 2. The second-order valence-electron chi connectivity index (χ2n) is 6.33. The van der Waals surface area contributed by atoms with Gasteiger partial charge in [-0.25, -0.2) is 4.79 Å². The van der Waals surface area contributed by atoms with Crippen LogP contribution in [0.5, 0.6) is 0 Å². The molecule has 4 nitrogen and oxygen atoms in total. The Morgan fingerprint density at radius 3 is 2.86 bits per heavy atom. The number of nitrogens with two attached hydrogens (primary N) is 1. The largest absolute Gasteiger partial charge is 0.459 e. The van der Waals surface area contributed by atoms with Crippen molar-refractivity contribution in [2.75, 3.05) is 12.3 Å². The predicted molar refractivity (Wildman–Crippen MR) is 81.2 cm³/mol. The quantitative estimate of drug-likeness (QED) is 0.670. The molecule has 2 N–H and O–H groups in total. The first-order chi connectivity index (χ1) is 10.1. The number of anilines is 1. The molecule has 1 unspecified atom stereocenters. The lowest BCUT2D eigenvalue weighted by Gasteiger charge is -2.37. The van der Waals surface area contributed by atoms with E-state index in [0.29, 0.717) is 17.9 Å². The number of aryl methyl sites for hydroxylation is 1. The van der Waals surface area contributed by atoms with Crippen molar-refractivity contribution in [3.63, 3.8) is 0 Å². The molecule has 0 aromatic heterocycles. The smallest absolute Gasteiger partial charge is 0.338 e. The number of carbonyl (C=O) groups excluding carboxylic acids is 1. The van der Waals surface area contributed by atoms with Gasteiger partial charge in [0.15, 0.2) is 0 Å². The maximum atomic E-state index is 12.3. The summed E-state index contributed by atoms with van der Waals surface area (Å²) in [5.41, 5.74) is 7.83. The van der Waals surface area contributed by atoms with Gasteiger partial charge in [0.25, 0.3) is 0 Å². The van der Waals surface area contributed by atoms with Gasteiger partial charge in [0.1, 0.15) is 6.10 Å². The molecule has 0 amide bonds. The van der Waals surface area contributed by atoms with Gasteiger partial charge >= 0.3 is 5.97 Å². The molecule has 1 aromatic rings. The molecule has 1 saturated heterocycles. The summed E-state index contributed by atoms with van der Waals surface area (Å²) in [5.74, 6) is -0.243. The normalized spacial score (nSPS) is 24.1. The highest BCUT2D eigenvalue weighted by Crippen LogP contribution is 2.40. The van der Waals surface area contributed by atoms with Crippen molar-refractivity contribution < 1.29 is 14.3 Å². The molecule has 114 valence electrons. The Morgan fingerprint density at radius 1 is 1.38 bits per heavy atom. The molecule has 1 atom stereocenters. The van der Waals surface area contributed by atoms with E-state index in [0.717, 1.165) is 31.2 Å². The van der Waals surface area contributed by atoms with Crippen LogP contribution in [0, 0.1) is 6.92 Å². The van der Waals surface area contributed by atoms with Crippen molar-refractivity contribution in [2.45, 2.75) is 57.2 Å². The summed E-state index contributed by atoms with van der Waals surface area (Å²) in [6, 6.07) is 5.29. The Bertz CT molecular complexity index is 535. The van der Waals surface area contributed by atoms with Crippen LogP contribution in [0.1, 0.15) is 54.4 Å². The third kappa shape index (κ3) is 3.05. The number of ether oxygens (including phenoxy) is 2. The minimum absolute atomic E-state index is 0.0266. The molecule has 21 heavy (non-hydrogen) atoms. The lowest BCUT2D eigenvalue weighted by atomic mass is 9.90. The summed E-state index contributed by atoms with van der Waals surface area (Å²) in [7, 11) is 0. The average molecular weight is 289 g/mol. The van der Waals surface area contributed by atoms with Crippen LogP contribution < -0.4 is 5.73 Å². The average Bonchev–Trinajstić information content (AvgIpc) is 2.86. The van der Waals surface area contributed by atoms with Crippen LogP contribution in [0.3, 0.4) is 0 Å². The standard InChI is InChI=1S/C17H23NO3/c1-12-10-13(18)4-5-15(12)16(19)21-14-6-9-20-17(11-14)7-2-3-8-17/h4-5,10,14H,2-3,6-9,11,18H2,1H3. The predicted octanol–water partition coefficient (Wildman–Crippen LogP) is 3.23. The van der Waals surface area contributed by atoms with E-state index < -0.39 is 0 Å². The van der Waals surface area contributed by atoms with Crippen LogP contribution >= 0.6 is 0 Å². The van der Waals surface area contributed by atoms with Gasteiger partial charge in [-0.15, -0.1) is 0 Å². The third-order valence-electron chi connectivity index (χ3n) is 4.71. The molecular weight excluding hydrogens is 266 g/mol. The zero-order chi connectivity index (χ0) is 14.9. The topological polar surface area (TPSA) is 61.6 Å². The fraction of sp³-hybridized carbons (Fsp3) is 0.588. The maximum Gasteiger partial charge on any atom is 0.338 e. The molecule has 4 heteroatoms. The number of carbonyl (C=O) groups is 1. The van der Waals surface area contributed by atoms with Crippen molar-refractivity contribution in [2.24, 2.45) is 0 Å². The summed E-state index contributed by atoms with van der Waals surface area (Å²) < 4.78 is 11.7. The summed E-state index contributed by atoms with van der Waals surface area (Å²) >= 11 is 0. The molecule has 2 fully saturated rings. The van der Waals surface area contributed by atoms with Crippen molar-refractivity contribution in [1.29, 1.82) is 0 Å². The Morgan fingerprint density at radius 2 is 2.14 bits per heavy atom. The van der Waals surface area contributed by atoms with Crippen LogP contribution in [0.15, 0.2) is 18.2 Å². The van der Waals surface area contributed by atoms with Crippen molar-refractivity contribution >= 4 is 11.7 Å². The van der Waals surface area contributed by atoms with Gasteiger partial charge in [0.2, 0.25) is 0 Å². The molecule has 1 aromatic carbocycles. The highest BCUT2D eigenvalue weighted by Gasteiger charge is 2.41. The van der Waals surface area contributed by atoms with Gasteiger partial charge in [-0.1, -0.05) is 12.8 Å². The molecule has 1 heterocycles. The first-order valence-electron chi connectivity index (χ1n) is 7.79. The molecule has 3 rings (SSSR count). The minimum Gasteiger partial charge on any atom is -0.459 e. The van der Waals surface area contributed by atoms with Crippen LogP contribution in [0.2, 0.25) is 0 Å². The molecule has 1 aliphatic heterocycles. The van der Waals surface area contributed by atoms with Gasteiger partial charge in [-0.3, -0.25) is 0 Å². The Labute approximate surface area is 125 Å². The van der Waals surface area contributed by atoms with Crippen molar-refractivity contribution in [1.82, 2.24) is 0 Å². The van der Waals surface area contributed by atoms with E-state index >= 15 is 0 Å². The van der Waals surface area contributed by atoms with Crippen molar-refractivity contribution in [3.8, 4) is 0 Å². The van der Waals surface area contributed by atoms with E-state index in [-0.39, 0.29) is 17.7 Å². The lowest BCUT2D eigenvalue weighted by molar-refractivity contribution is -0.117. The SMILES string of the molecule is Cc1cc(N)ccc1C(=O)OC1CCOC2(CCCC2)C1. The van der Waals surface area contributed by atoms with Crippen LogP contribution in [-0.2, 0) is 9.47 Å². The fourth-order valence-corrected chi connectivity index (χ4v) is 3.58. The summed E-state index contributed by atoms with van der Waals surface area (Å²) in [6.45, 7) is 2.58. The van der Waals surface area contributed by atoms with Gasteiger partial charge < -0.3 is 15.2 Å². The van der Waals surface area contributed by atoms with Crippen LogP contribution in [-0.4, -0.2) is 24.3 Å². The zero-order valence-electron chi connectivity index (χ0n) is 12.6. The van der Waals surface area contributed by atoms with Gasteiger partial charge in [0, 0.05) is 18.5 Å². The van der Waals surface area contributed by atoms with Crippen molar-refractivity contribution in [3.05, 3.63) is 29.3 Å². The molecular formula is C17H23NO3. The molecule has 1 saturated carbocycles. The maximum absolute atomic E-state index is 12.3. The van der Waals surface area contributed by atoms with E-state index in [4.69, 9.17) is 15.2 Å². The van der Waals surface area contributed by atoms with Crippen LogP contribution in [0.25, 0.3) is 0 Å². The number of nitrogen functional groups attached to an aromatic ring is 1.